The van der Waals surface area contributed by atoms with E-state index < -0.39 is 11.4 Å². The van der Waals surface area contributed by atoms with Gasteiger partial charge in [-0.15, -0.1) is 0 Å². The van der Waals surface area contributed by atoms with E-state index in [2.05, 4.69) is 38.1 Å². The molecule has 30 heavy (non-hydrogen) atoms. The van der Waals surface area contributed by atoms with Crippen LogP contribution in [0.3, 0.4) is 0 Å². The lowest BCUT2D eigenvalue weighted by molar-refractivity contribution is 0.523. The Bertz CT molecular complexity index is 1240. The summed E-state index contributed by atoms with van der Waals surface area (Å²) >= 11 is 0. The van der Waals surface area contributed by atoms with E-state index in [4.69, 9.17) is 4.42 Å². The second kappa shape index (κ2) is 8.83. The van der Waals surface area contributed by atoms with E-state index in [9.17, 15) is 9.18 Å². The molecule has 1 aromatic heterocycles. The van der Waals surface area contributed by atoms with Crippen LogP contribution in [0, 0.1) is 5.82 Å². The Labute approximate surface area is 176 Å². The molecule has 0 aliphatic rings. The molecule has 1 heterocycles. The summed E-state index contributed by atoms with van der Waals surface area (Å²) in [5, 5.41) is 1.85. The second-order valence-corrected chi connectivity index (χ2v) is 7.97. The highest BCUT2D eigenvalue weighted by Gasteiger charge is 2.15. The number of hydrogen-bond donors (Lipinski definition) is 0. The highest BCUT2D eigenvalue weighted by molar-refractivity contribution is 6.05. The maximum atomic E-state index is 14.9. The summed E-state index contributed by atoms with van der Waals surface area (Å²) in [6.45, 7) is 4.26. The van der Waals surface area contributed by atoms with Crippen molar-refractivity contribution < 1.29 is 8.81 Å². The summed E-state index contributed by atoms with van der Waals surface area (Å²) in [6.07, 6.45) is 5.97. The first-order valence-corrected chi connectivity index (χ1v) is 10.9. The Hall–Kier alpha value is -2.94. The van der Waals surface area contributed by atoms with Crippen LogP contribution in [-0.4, -0.2) is 0 Å². The van der Waals surface area contributed by atoms with Crippen molar-refractivity contribution >= 4 is 21.7 Å². The molecule has 0 radical (unpaired) electrons. The van der Waals surface area contributed by atoms with Gasteiger partial charge in [0, 0.05) is 10.8 Å². The van der Waals surface area contributed by atoms with E-state index in [0.29, 0.717) is 22.8 Å². The standard InChI is InChI=1S/C27H27FO2/c1-3-5-7-18-9-11-19(12-10-18)21-14-15-22-23-16-13-20(8-6-4-2)25(28)26(23)30-27(29)24(22)17-21/h9-17H,3-8H2,1-2H3. The van der Waals surface area contributed by atoms with Crippen LogP contribution >= 0.6 is 0 Å². The highest BCUT2D eigenvalue weighted by Crippen LogP contribution is 2.30. The third-order valence-corrected chi connectivity index (χ3v) is 5.81. The van der Waals surface area contributed by atoms with Gasteiger partial charge in [-0.1, -0.05) is 75.2 Å². The molecule has 0 aliphatic carbocycles. The number of hydrogen-bond acceptors (Lipinski definition) is 2. The van der Waals surface area contributed by atoms with Crippen LogP contribution < -0.4 is 5.63 Å². The molecule has 0 bridgehead atoms. The number of benzene rings is 3. The molecule has 0 amide bonds. The van der Waals surface area contributed by atoms with E-state index in [1.165, 1.54) is 18.4 Å². The average molecular weight is 403 g/mol. The maximum absolute atomic E-state index is 14.9. The molecular formula is C27H27FO2. The molecule has 0 unspecified atom stereocenters. The van der Waals surface area contributed by atoms with Gasteiger partial charge in [-0.3, -0.25) is 0 Å². The van der Waals surface area contributed by atoms with Gasteiger partial charge in [0.25, 0.3) is 0 Å². The fourth-order valence-corrected chi connectivity index (χ4v) is 3.99. The van der Waals surface area contributed by atoms with Crippen LogP contribution in [0.15, 0.2) is 63.8 Å². The van der Waals surface area contributed by atoms with Crippen LogP contribution in [0.1, 0.15) is 50.7 Å². The van der Waals surface area contributed by atoms with E-state index in [0.717, 1.165) is 35.8 Å². The zero-order valence-corrected chi connectivity index (χ0v) is 17.6. The van der Waals surface area contributed by atoms with Crippen molar-refractivity contribution in [2.45, 2.75) is 52.4 Å². The van der Waals surface area contributed by atoms with Crippen molar-refractivity contribution in [1.82, 2.24) is 0 Å². The highest BCUT2D eigenvalue weighted by atomic mass is 19.1. The Morgan fingerprint density at radius 3 is 2.17 bits per heavy atom. The first-order chi connectivity index (χ1) is 14.6. The number of unbranched alkanes of at least 4 members (excludes halogenated alkanes) is 2. The van der Waals surface area contributed by atoms with Gasteiger partial charge < -0.3 is 4.42 Å². The van der Waals surface area contributed by atoms with Gasteiger partial charge in [0.15, 0.2) is 11.4 Å². The average Bonchev–Trinajstić information content (AvgIpc) is 2.78. The van der Waals surface area contributed by atoms with E-state index in [1.54, 1.807) is 0 Å². The molecule has 3 aromatic carbocycles. The lowest BCUT2D eigenvalue weighted by atomic mass is 9.98. The molecule has 154 valence electrons. The summed E-state index contributed by atoms with van der Waals surface area (Å²) in [4.78, 5) is 12.7. The van der Waals surface area contributed by atoms with Gasteiger partial charge in [0.05, 0.1) is 5.39 Å². The quantitative estimate of drug-likeness (QED) is 0.237. The number of fused-ring (bicyclic) bond motifs is 3. The minimum absolute atomic E-state index is 0.0640. The molecular weight excluding hydrogens is 375 g/mol. The van der Waals surface area contributed by atoms with Crippen molar-refractivity contribution in [2.24, 2.45) is 0 Å². The zero-order valence-electron chi connectivity index (χ0n) is 17.6. The summed E-state index contributed by atoms with van der Waals surface area (Å²) in [5.74, 6) is -0.410. The fraction of sp³-hybridized carbons (Fsp3) is 0.296. The molecule has 4 aromatic rings. The zero-order chi connectivity index (χ0) is 21.1. The van der Waals surface area contributed by atoms with Crippen molar-refractivity contribution in [3.63, 3.8) is 0 Å². The second-order valence-electron chi connectivity index (χ2n) is 7.97. The van der Waals surface area contributed by atoms with Gasteiger partial charge in [0.1, 0.15) is 0 Å². The Kier molecular flexibility index (Phi) is 5.98. The van der Waals surface area contributed by atoms with Crippen molar-refractivity contribution in [1.29, 1.82) is 0 Å². The summed E-state index contributed by atoms with van der Waals surface area (Å²) in [6, 6.07) is 17.9. The molecule has 3 heteroatoms. The van der Waals surface area contributed by atoms with E-state index in [1.807, 2.05) is 30.3 Å². The van der Waals surface area contributed by atoms with E-state index >= 15 is 0 Å². The minimum atomic E-state index is -0.495. The third kappa shape index (κ3) is 3.89. The minimum Gasteiger partial charge on any atom is -0.419 e. The topological polar surface area (TPSA) is 30.2 Å². The maximum Gasteiger partial charge on any atom is 0.344 e. The number of halogens is 1. The lowest BCUT2D eigenvalue weighted by Gasteiger charge is -2.09. The predicted octanol–water partition coefficient (Wildman–Crippen LogP) is 7.44. The van der Waals surface area contributed by atoms with Crippen LogP contribution in [-0.2, 0) is 12.8 Å². The first-order valence-electron chi connectivity index (χ1n) is 10.9. The van der Waals surface area contributed by atoms with Gasteiger partial charge in [0.2, 0.25) is 0 Å². The van der Waals surface area contributed by atoms with Gasteiger partial charge in [-0.05, 0) is 54.0 Å². The number of aryl methyl sites for hydroxylation is 2. The monoisotopic (exact) mass is 402 g/mol. The lowest BCUT2D eigenvalue weighted by Crippen LogP contribution is -2.02. The van der Waals surface area contributed by atoms with Gasteiger partial charge in [-0.2, -0.15) is 0 Å². The SMILES string of the molecule is CCCCc1ccc(-c2ccc3c(c2)c(=O)oc2c(F)c(CCCC)ccc23)cc1. The van der Waals surface area contributed by atoms with Crippen LogP contribution in [0.2, 0.25) is 0 Å². The summed E-state index contributed by atoms with van der Waals surface area (Å²) < 4.78 is 20.4. The molecule has 0 spiro atoms. The smallest absolute Gasteiger partial charge is 0.344 e. The molecule has 0 N–H and O–H groups in total. The molecule has 2 nitrogen and oxygen atoms in total. The third-order valence-electron chi connectivity index (χ3n) is 5.81. The van der Waals surface area contributed by atoms with E-state index in [-0.39, 0.29) is 5.58 Å². The van der Waals surface area contributed by atoms with Gasteiger partial charge >= 0.3 is 5.63 Å². The molecule has 0 aliphatic heterocycles. The fourth-order valence-electron chi connectivity index (χ4n) is 3.99. The van der Waals surface area contributed by atoms with Crippen LogP contribution in [0.4, 0.5) is 4.39 Å². The van der Waals surface area contributed by atoms with Crippen LogP contribution in [0.25, 0.3) is 32.9 Å². The van der Waals surface area contributed by atoms with Crippen molar-refractivity contribution in [3.05, 3.63) is 82.0 Å². The molecule has 0 atom stereocenters. The summed E-state index contributed by atoms with van der Waals surface area (Å²) in [7, 11) is 0. The van der Waals surface area contributed by atoms with Crippen molar-refractivity contribution in [3.8, 4) is 11.1 Å². The number of rotatable bonds is 7. The Morgan fingerprint density at radius 1 is 0.767 bits per heavy atom. The Balaban J connectivity index is 1.77. The normalized spacial score (nSPS) is 11.4. The molecule has 0 saturated carbocycles. The Morgan fingerprint density at radius 2 is 1.43 bits per heavy atom. The van der Waals surface area contributed by atoms with Gasteiger partial charge in [-0.25, -0.2) is 9.18 Å². The largest absolute Gasteiger partial charge is 0.419 e. The first kappa shape index (κ1) is 20.3. The molecule has 0 fully saturated rings. The predicted molar refractivity (Wildman–Crippen MR) is 123 cm³/mol. The van der Waals surface area contributed by atoms with Crippen molar-refractivity contribution in [2.75, 3.05) is 0 Å². The van der Waals surface area contributed by atoms with Crippen LogP contribution in [0.5, 0.6) is 0 Å². The molecule has 4 rings (SSSR count). The molecule has 0 saturated heterocycles. The summed E-state index contributed by atoms with van der Waals surface area (Å²) in [5.41, 5.74) is 3.50.